The van der Waals surface area contributed by atoms with Crippen LogP contribution in [0.3, 0.4) is 0 Å². The summed E-state index contributed by atoms with van der Waals surface area (Å²) in [5.74, 6) is 0. The Balaban J connectivity index is 0.000000461. The molecule has 0 aromatic heterocycles. The van der Waals surface area contributed by atoms with Gasteiger partial charge in [-0.1, -0.05) is 25.4 Å². The Morgan fingerprint density at radius 2 is 1.91 bits per heavy atom. The summed E-state index contributed by atoms with van der Waals surface area (Å²) in [5, 5.41) is 0.691. The molecule has 0 heterocycles. The third-order valence-electron chi connectivity index (χ3n) is 0.962. The molecule has 62 valence electrons. The zero-order valence-electron chi connectivity index (χ0n) is 6.57. The number of nitrogens with two attached hydrogens (primary N) is 1. The zero-order chi connectivity index (χ0) is 8.85. The Bertz CT molecular complexity index is 225. The van der Waals surface area contributed by atoms with Crippen LogP contribution in [-0.4, -0.2) is 0 Å². The number of halogens is 2. The van der Waals surface area contributed by atoms with Crippen molar-refractivity contribution in [1.29, 1.82) is 0 Å². The fraction of sp³-hybridized carbons (Fsp3) is 0.250. The van der Waals surface area contributed by atoms with Gasteiger partial charge in [0.2, 0.25) is 0 Å². The summed E-state index contributed by atoms with van der Waals surface area (Å²) in [7, 11) is 0. The van der Waals surface area contributed by atoms with Crippen LogP contribution in [0.5, 0.6) is 0 Å². The number of anilines is 1. The van der Waals surface area contributed by atoms with Crippen molar-refractivity contribution in [1.82, 2.24) is 0 Å². The van der Waals surface area contributed by atoms with Gasteiger partial charge in [-0.3, -0.25) is 0 Å². The quantitative estimate of drug-likeness (QED) is 0.683. The average molecular weight is 237 g/mol. The number of rotatable bonds is 0. The first kappa shape index (κ1) is 10.8. The standard InChI is InChI=1S/C6H5BrClN.C2H6/c7-5-3-4(8)1-2-6(5)9;1-2/h1-3H,9H2;1-2H3. The van der Waals surface area contributed by atoms with Gasteiger partial charge in [-0.25, -0.2) is 0 Å². The molecule has 0 radical (unpaired) electrons. The van der Waals surface area contributed by atoms with Crippen LogP contribution < -0.4 is 5.73 Å². The van der Waals surface area contributed by atoms with E-state index in [0.29, 0.717) is 10.7 Å². The largest absolute Gasteiger partial charge is 0.398 e. The maximum absolute atomic E-state index is 5.63. The lowest BCUT2D eigenvalue weighted by Crippen LogP contribution is -1.84. The summed E-state index contributed by atoms with van der Waals surface area (Å²) in [6.07, 6.45) is 0. The van der Waals surface area contributed by atoms with Gasteiger partial charge in [-0.2, -0.15) is 0 Å². The molecule has 0 bridgehead atoms. The molecule has 0 spiro atoms. The summed E-state index contributed by atoms with van der Waals surface area (Å²) in [4.78, 5) is 0. The van der Waals surface area contributed by atoms with Crippen molar-refractivity contribution < 1.29 is 0 Å². The second-order valence-electron chi connectivity index (χ2n) is 1.67. The highest BCUT2D eigenvalue weighted by molar-refractivity contribution is 9.10. The molecule has 0 fully saturated rings. The van der Waals surface area contributed by atoms with Gasteiger partial charge < -0.3 is 5.73 Å². The summed E-state index contributed by atoms with van der Waals surface area (Å²) in [6.45, 7) is 4.00. The van der Waals surface area contributed by atoms with Crippen LogP contribution in [-0.2, 0) is 0 Å². The number of benzene rings is 1. The van der Waals surface area contributed by atoms with Crippen molar-refractivity contribution in [3.05, 3.63) is 27.7 Å². The fourth-order valence-electron chi connectivity index (χ4n) is 0.502. The van der Waals surface area contributed by atoms with Crippen LogP contribution in [0.25, 0.3) is 0 Å². The Morgan fingerprint density at radius 1 is 1.36 bits per heavy atom. The highest BCUT2D eigenvalue weighted by Gasteiger charge is 1.93. The third-order valence-corrected chi connectivity index (χ3v) is 1.88. The molecule has 1 aromatic carbocycles. The van der Waals surface area contributed by atoms with Crippen LogP contribution in [0.15, 0.2) is 22.7 Å². The second-order valence-corrected chi connectivity index (χ2v) is 2.96. The van der Waals surface area contributed by atoms with Gasteiger partial charge in [-0.15, -0.1) is 0 Å². The van der Waals surface area contributed by atoms with Crippen LogP contribution in [0.4, 0.5) is 5.69 Å². The minimum absolute atomic E-state index is 0.691. The molecule has 1 nitrogen and oxygen atoms in total. The summed E-state index contributed by atoms with van der Waals surface area (Å²) in [5.41, 5.74) is 6.19. The molecule has 0 atom stereocenters. The molecule has 1 aromatic rings. The Morgan fingerprint density at radius 3 is 2.27 bits per heavy atom. The minimum atomic E-state index is 0.691. The number of nitrogen functional groups attached to an aromatic ring is 1. The van der Waals surface area contributed by atoms with Crippen molar-refractivity contribution in [3.8, 4) is 0 Å². The molecule has 11 heavy (non-hydrogen) atoms. The maximum Gasteiger partial charge on any atom is 0.0459 e. The van der Waals surface area contributed by atoms with Crippen LogP contribution in [0.2, 0.25) is 5.02 Å². The predicted octanol–water partition coefficient (Wildman–Crippen LogP) is 3.71. The van der Waals surface area contributed by atoms with Gasteiger partial charge in [0.25, 0.3) is 0 Å². The van der Waals surface area contributed by atoms with Gasteiger partial charge in [-0.05, 0) is 34.1 Å². The second kappa shape index (κ2) is 5.44. The van der Waals surface area contributed by atoms with E-state index in [1.54, 1.807) is 18.2 Å². The van der Waals surface area contributed by atoms with E-state index in [9.17, 15) is 0 Å². The van der Waals surface area contributed by atoms with E-state index in [-0.39, 0.29) is 0 Å². The smallest absolute Gasteiger partial charge is 0.0459 e. The van der Waals surface area contributed by atoms with E-state index in [1.807, 2.05) is 13.8 Å². The Kier molecular flexibility index (Phi) is 5.34. The van der Waals surface area contributed by atoms with Gasteiger partial charge >= 0.3 is 0 Å². The van der Waals surface area contributed by atoms with Gasteiger partial charge in [0, 0.05) is 15.2 Å². The Hall–Kier alpha value is -0.210. The van der Waals surface area contributed by atoms with Crippen LogP contribution in [0.1, 0.15) is 13.8 Å². The lowest BCUT2D eigenvalue weighted by molar-refractivity contribution is 1.50. The minimum Gasteiger partial charge on any atom is -0.398 e. The van der Waals surface area contributed by atoms with E-state index in [0.717, 1.165) is 4.47 Å². The first-order valence-corrected chi connectivity index (χ1v) is 4.58. The highest BCUT2D eigenvalue weighted by atomic mass is 79.9. The molecule has 0 unspecified atom stereocenters. The lowest BCUT2D eigenvalue weighted by Gasteiger charge is -1.95. The fourth-order valence-corrected chi connectivity index (χ4v) is 1.18. The van der Waals surface area contributed by atoms with Crippen molar-refractivity contribution >= 4 is 33.2 Å². The summed E-state index contributed by atoms with van der Waals surface area (Å²) >= 11 is 8.87. The first-order chi connectivity index (χ1) is 5.20. The summed E-state index contributed by atoms with van der Waals surface area (Å²) < 4.78 is 0.843. The molecular formula is C8H11BrClN. The van der Waals surface area contributed by atoms with Gasteiger partial charge in [0.05, 0.1) is 0 Å². The molecule has 0 aliphatic rings. The lowest BCUT2D eigenvalue weighted by atomic mass is 10.3. The van der Waals surface area contributed by atoms with E-state index in [2.05, 4.69) is 15.9 Å². The van der Waals surface area contributed by atoms with E-state index in [4.69, 9.17) is 17.3 Å². The van der Waals surface area contributed by atoms with Gasteiger partial charge in [0.15, 0.2) is 0 Å². The third kappa shape index (κ3) is 3.63. The SMILES string of the molecule is CC.Nc1ccc(Cl)cc1Br. The normalized spacial score (nSPS) is 8.36. The van der Waals surface area contributed by atoms with Crippen LogP contribution in [0, 0.1) is 0 Å². The summed E-state index contributed by atoms with van der Waals surface area (Å²) in [6, 6.07) is 5.27. The Labute approximate surface area is 80.7 Å². The molecule has 0 saturated carbocycles. The van der Waals surface area contributed by atoms with Crippen molar-refractivity contribution in [3.63, 3.8) is 0 Å². The van der Waals surface area contributed by atoms with Gasteiger partial charge in [0.1, 0.15) is 0 Å². The predicted molar refractivity (Wildman–Crippen MR) is 54.9 cm³/mol. The van der Waals surface area contributed by atoms with Crippen molar-refractivity contribution in [2.45, 2.75) is 13.8 Å². The molecule has 3 heteroatoms. The van der Waals surface area contributed by atoms with Crippen molar-refractivity contribution in [2.75, 3.05) is 5.73 Å². The molecule has 0 saturated heterocycles. The molecule has 0 amide bonds. The topological polar surface area (TPSA) is 26.0 Å². The molecule has 0 aliphatic heterocycles. The van der Waals surface area contributed by atoms with Crippen LogP contribution >= 0.6 is 27.5 Å². The molecule has 0 aliphatic carbocycles. The van der Waals surface area contributed by atoms with Crippen molar-refractivity contribution in [2.24, 2.45) is 0 Å². The highest BCUT2D eigenvalue weighted by Crippen LogP contribution is 2.22. The number of hydrogen-bond donors (Lipinski definition) is 1. The zero-order valence-corrected chi connectivity index (χ0v) is 8.91. The molecule has 2 N–H and O–H groups in total. The maximum atomic E-state index is 5.63. The monoisotopic (exact) mass is 235 g/mol. The van der Waals surface area contributed by atoms with E-state index < -0.39 is 0 Å². The molecule has 1 rings (SSSR count). The van der Waals surface area contributed by atoms with E-state index >= 15 is 0 Å². The molecular weight excluding hydrogens is 225 g/mol. The van der Waals surface area contributed by atoms with E-state index in [1.165, 1.54) is 0 Å². The average Bonchev–Trinajstić information content (AvgIpc) is 2.02. The first-order valence-electron chi connectivity index (χ1n) is 3.40. The number of hydrogen-bond acceptors (Lipinski definition) is 1.